The van der Waals surface area contributed by atoms with Crippen LogP contribution >= 0.6 is 0 Å². The molecule has 1 aromatic carbocycles. The van der Waals surface area contributed by atoms with Crippen LogP contribution in [0, 0.1) is 13.8 Å². The average molecular weight is 292 g/mol. The molecule has 21 heavy (non-hydrogen) atoms. The van der Waals surface area contributed by atoms with Crippen LogP contribution in [0.2, 0.25) is 0 Å². The maximum absolute atomic E-state index is 11.8. The Hall–Kier alpha value is -1.55. The van der Waals surface area contributed by atoms with E-state index in [0.717, 1.165) is 36.1 Å². The standard InChI is InChI=1S/C17H24O4/c1-12-7-8-13(2)16(11-12)20-10-9-17(18)21-15-6-4-5-14(15)19-3/h7-8,11,14-15H,4-6,9-10H2,1-3H3. The zero-order valence-corrected chi connectivity index (χ0v) is 13.1. The van der Waals surface area contributed by atoms with Crippen molar-refractivity contribution in [3.05, 3.63) is 29.3 Å². The van der Waals surface area contributed by atoms with Crippen molar-refractivity contribution in [2.75, 3.05) is 13.7 Å². The van der Waals surface area contributed by atoms with E-state index in [4.69, 9.17) is 14.2 Å². The Kier molecular flexibility index (Phi) is 5.62. The van der Waals surface area contributed by atoms with Crippen molar-refractivity contribution in [2.45, 2.75) is 51.7 Å². The minimum absolute atomic E-state index is 0.0499. The summed E-state index contributed by atoms with van der Waals surface area (Å²) in [5, 5.41) is 0. The quantitative estimate of drug-likeness (QED) is 0.755. The van der Waals surface area contributed by atoms with Crippen molar-refractivity contribution in [1.82, 2.24) is 0 Å². The number of methoxy groups -OCH3 is 1. The summed E-state index contributed by atoms with van der Waals surface area (Å²) in [6, 6.07) is 6.05. The van der Waals surface area contributed by atoms with Gasteiger partial charge in [0.15, 0.2) is 0 Å². The first-order chi connectivity index (χ1) is 10.1. The van der Waals surface area contributed by atoms with Crippen molar-refractivity contribution in [3.8, 4) is 5.75 Å². The first kappa shape index (κ1) is 15.8. The maximum Gasteiger partial charge on any atom is 0.309 e. The third-order valence-electron chi connectivity index (χ3n) is 3.88. The van der Waals surface area contributed by atoms with Crippen LogP contribution in [-0.2, 0) is 14.3 Å². The fraction of sp³-hybridized carbons (Fsp3) is 0.588. The molecule has 4 heteroatoms. The van der Waals surface area contributed by atoms with E-state index in [0.29, 0.717) is 6.61 Å². The summed E-state index contributed by atoms with van der Waals surface area (Å²) in [6.45, 7) is 4.36. The number of esters is 1. The molecule has 0 bridgehead atoms. The van der Waals surface area contributed by atoms with Crippen molar-refractivity contribution in [2.24, 2.45) is 0 Å². The fourth-order valence-corrected chi connectivity index (χ4v) is 2.63. The van der Waals surface area contributed by atoms with Gasteiger partial charge in [-0.1, -0.05) is 12.1 Å². The van der Waals surface area contributed by atoms with E-state index in [1.54, 1.807) is 7.11 Å². The lowest BCUT2D eigenvalue weighted by molar-refractivity contribution is -0.154. The molecule has 0 saturated heterocycles. The Morgan fingerprint density at radius 3 is 2.76 bits per heavy atom. The molecular weight excluding hydrogens is 268 g/mol. The van der Waals surface area contributed by atoms with Crippen LogP contribution in [0.4, 0.5) is 0 Å². The zero-order chi connectivity index (χ0) is 15.2. The highest BCUT2D eigenvalue weighted by Crippen LogP contribution is 2.25. The monoisotopic (exact) mass is 292 g/mol. The van der Waals surface area contributed by atoms with E-state index >= 15 is 0 Å². The molecule has 1 aliphatic rings. The van der Waals surface area contributed by atoms with Crippen LogP contribution in [0.5, 0.6) is 5.75 Å². The summed E-state index contributed by atoms with van der Waals surface area (Å²) in [5.74, 6) is 0.618. The molecule has 0 amide bonds. The first-order valence-electron chi connectivity index (χ1n) is 7.52. The lowest BCUT2D eigenvalue weighted by Crippen LogP contribution is -2.28. The number of benzene rings is 1. The Balaban J connectivity index is 1.75. The second-order valence-corrected chi connectivity index (χ2v) is 5.60. The third-order valence-corrected chi connectivity index (χ3v) is 3.88. The van der Waals surface area contributed by atoms with Gasteiger partial charge in [0.2, 0.25) is 0 Å². The summed E-state index contributed by atoms with van der Waals surface area (Å²) in [4.78, 5) is 11.8. The molecule has 1 aromatic rings. The van der Waals surface area contributed by atoms with E-state index in [1.807, 2.05) is 32.0 Å². The van der Waals surface area contributed by atoms with Gasteiger partial charge in [0, 0.05) is 7.11 Å². The molecule has 116 valence electrons. The predicted molar refractivity (Wildman–Crippen MR) is 80.6 cm³/mol. The Labute approximate surface area is 126 Å². The number of hydrogen-bond donors (Lipinski definition) is 0. The third kappa shape index (κ3) is 4.46. The Morgan fingerprint density at radius 1 is 1.24 bits per heavy atom. The van der Waals surface area contributed by atoms with Crippen molar-refractivity contribution < 1.29 is 19.0 Å². The Morgan fingerprint density at radius 2 is 2.00 bits per heavy atom. The highest BCUT2D eigenvalue weighted by atomic mass is 16.6. The average Bonchev–Trinajstić information content (AvgIpc) is 2.89. The predicted octanol–water partition coefficient (Wildman–Crippen LogP) is 3.18. The lowest BCUT2D eigenvalue weighted by atomic mass is 10.1. The van der Waals surface area contributed by atoms with Gasteiger partial charge in [0.25, 0.3) is 0 Å². The number of ether oxygens (including phenoxy) is 3. The van der Waals surface area contributed by atoms with E-state index in [9.17, 15) is 4.79 Å². The van der Waals surface area contributed by atoms with Crippen LogP contribution in [0.3, 0.4) is 0 Å². The number of carbonyl (C=O) groups excluding carboxylic acids is 1. The molecule has 1 aliphatic carbocycles. The second-order valence-electron chi connectivity index (χ2n) is 5.60. The smallest absolute Gasteiger partial charge is 0.309 e. The van der Waals surface area contributed by atoms with Gasteiger partial charge in [0.05, 0.1) is 19.1 Å². The van der Waals surface area contributed by atoms with Gasteiger partial charge in [0.1, 0.15) is 11.9 Å². The van der Waals surface area contributed by atoms with Gasteiger partial charge in [-0.05, 0) is 50.3 Å². The van der Waals surface area contributed by atoms with Crippen LogP contribution in [-0.4, -0.2) is 31.9 Å². The molecule has 2 rings (SSSR count). The van der Waals surface area contributed by atoms with Crippen LogP contribution in [0.25, 0.3) is 0 Å². The van der Waals surface area contributed by atoms with Gasteiger partial charge in [-0.25, -0.2) is 0 Å². The van der Waals surface area contributed by atoms with Crippen LogP contribution in [0.1, 0.15) is 36.8 Å². The lowest BCUT2D eigenvalue weighted by Gasteiger charge is -2.18. The maximum atomic E-state index is 11.8. The molecule has 0 aromatic heterocycles. The highest BCUT2D eigenvalue weighted by Gasteiger charge is 2.30. The van der Waals surface area contributed by atoms with E-state index in [1.165, 1.54) is 0 Å². The van der Waals surface area contributed by atoms with Gasteiger partial charge < -0.3 is 14.2 Å². The SMILES string of the molecule is COC1CCCC1OC(=O)CCOc1cc(C)ccc1C. The van der Waals surface area contributed by atoms with Gasteiger partial charge in [-0.2, -0.15) is 0 Å². The fourth-order valence-electron chi connectivity index (χ4n) is 2.63. The largest absolute Gasteiger partial charge is 0.493 e. The summed E-state index contributed by atoms with van der Waals surface area (Å²) >= 11 is 0. The molecule has 0 aliphatic heterocycles. The molecule has 0 heterocycles. The molecule has 0 N–H and O–H groups in total. The van der Waals surface area contributed by atoms with Crippen LogP contribution in [0.15, 0.2) is 18.2 Å². The van der Waals surface area contributed by atoms with Crippen molar-refractivity contribution in [3.63, 3.8) is 0 Å². The van der Waals surface area contributed by atoms with E-state index in [2.05, 4.69) is 0 Å². The molecule has 2 atom stereocenters. The summed E-state index contributed by atoms with van der Waals surface area (Å²) in [7, 11) is 1.67. The molecular formula is C17H24O4. The number of carbonyl (C=O) groups is 1. The Bertz CT molecular complexity index is 484. The minimum Gasteiger partial charge on any atom is -0.493 e. The summed E-state index contributed by atoms with van der Waals surface area (Å²) in [6.07, 6.45) is 3.13. The first-order valence-corrected chi connectivity index (χ1v) is 7.52. The molecule has 1 fully saturated rings. The van der Waals surface area contributed by atoms with Crippen molar-refractivity contribution in [1.29, 1.82) is 0 Å². The molecule has 0 spiro atoms. The number of rotatable bonds is 6. The normalized spacial score (nSPS) is 21.3. The number of hydrogen-bond acceptors (Lipinski definition) is 4. The molecule has 1 saturated carbocycles. The van der Waals surface area contributed by atoms with Gasteiger partial charge in [-0.3, -0.25) is 4.79 Å². The van der Waals surface area contributed by atoms with Crippen LogP contribution < -0.4 is 4.74 Å². The summed E-state index contributed by atoms with van der Waals surface area (Å²) in [5.41, 5.74) is 2.22. The molecule has 2 unspecified atom stereocenters. The van der Waals surface area contributed by atoms with Gasteiger partial charge in [-0.15, -0.1) is 0 Å². The second kappa shape index (κ2) is 7.46. The van der Waals surface area contributed by atoms with Crippen molar-refractivity contribution >= 4 is 5.97 Å². The molecule has 4 nitrogen and oxygen atoms in total. The summed E-state index contributed by atoms with van der Waals surface area (Å²) < 4.78 is 16.5. The topological polar surface area (TPSA) is 44.8 Å². The van der Waals surface area contributed by atoms with E-state index in [-0.39, 0.29) is 24.6 Å². The minimum atomic E-state index is -0.214. The zero-order valence-electron chi connectivity index (χ0n) is 13.1. The van der Waals surface area contributed by atoms with Gasteiger partial charge >= 0.3 is 5.97 Å². The van der Waals surface area contributed by atoms with E-state index < -0.39 is 0 Å². The number of aryl methyl sites for hydroxylation is 2. The molecule has 0 radical (unpaired) electrons. The highest BCUT2D eigenvalue weighted by molar-refractivity contribution is 5.69.